The van der Waals surface area contributed by atoms with Gasteiger partial charge in [0.1, 0.15) is 0 Å². The summed E-state index contributed by atoms with van der Waals surface area (Å²) in [6.07, 6.45) is 2.10. The van der Waals surface area contributed by atoms with Crippen molar-refractivity contribution in [1.82, 2.24) is 4.90 Å². The van der Waals surface area contributed by atoms with E-state index in [9.17, 15) is 9.59 Å². The number of amides is 1. The maximum absolute atomic E-state index is 10.9. The molecule has 0 unspecified atom stereocenters. The molecule has 0 N–H and O–H groups in total. The number of carbonyl (C=O) groups is 2. The molecule has 1 saturated carbocycles. The molecule has 1 fully saturated rings. The van der Waals surface area contributed by atoms with E-state index in [2.05, 4.69) is 0 Å². The zero-order valence-electron chi connectivity index (χ0n) is 6.26. The molecule has 1 aliphatic carbocycles. The SMILES string of the molecule is CC(=O)C(=O)N(C)C1CC1. The van der Waals surface area contributed by atoms with Crippen LogP contribution in [0.4, 0.5) is 0 Å². The standard InChI is InChI=1S/C7H11NO2/c1-5(9)7(10)8(2)6-3-4-6/h6H,3-4H2,1-2H3. The summed E-state index contributed by atoms with van der Waals surface area (Å²) in [4.78, 5) is 23.0. The van der Waals surface area contributed by atoms with Crippen LogP contribution in [0.3, 0.4) is 0 Å². The van der Waals surface area contributed by atoms with Crippen LogP contribution in [-0.2, 0) is 9.59 Å². The Morgan fingerprint density at radius 3 is 2.20 bits per heavy atom. The van der Waals surface area contributed by atoms with Gasteiger partial charge in [-0.1, -0.05) is 0 Å². The van der Waals surface area contributed by atoms with Gasteiger partial charge in [-0.3, -0.25) is 9.59 Å². The van der Waals surface area contributed by atoms with Crippen LogP contribution in [0.15, 0.2) is 0 Å². The molecule has 0 aromatic rings. The summed E-state index contributed by atoms with van der Waals surface area (Å²) in [5, 5.41) is 0. The predicted molar refractivity (Wildman–Crippen MR) is 36.5 cm³/mol. The molecule has 3 nitrogen and oxygen atoms in total. The van der Waals surface area contributed by atoms with Crippen molar-refractivity contribution in [2.75, 3.05) is 7.05 Å². The summed E-state index contributed by atoms with van der Waals surface area (Å²) in [6, 6.07) is 0.344. The topological polar surface area (TPSA) is 37.4 Å². The van der Waals surface area contributed by atoms with E-state index in [0.717, 1.165) is 12.8 Å². The Hall–Kier alpha value is -0.860. The summed E-state index contributed by atoms with van der Waals surface area (Å²) in [5.74, 6) is -0.725. The molecule has 0 bridgehead atoms. The molecule has 1 amide bonds. The van der Waals surface area contributed by atoms with Crippen LogP contribution < -0.4 is 0 Å². The van der Waals surface area contributed by atoms with Crippen LogP contribution in [0.2, 0.25) is 0 Å². The molecular weight excluding hydrogens is 130 g/mol. The number of rotatable bonds is 2. The fourth-order valence-electron chi connectivity index (χ4n) is 0.876. The van der Waals surface area contributed by atoms with Crippen LogP contribution in [-0.4, -0.2) is 29.7 Å². The second kappa shape index (κ2) is 2.40. The Morgan fingerprint density at radius 2 is 1.90 bits per heavy atom. The minimum atomic E-state index is -0.366. The zero-order valence-corrected chi connectivity index (χ0v) is 6.26. The maximum atomic E-state index is 10.9. The van der Waals surface area contributed by atoms with E-state index < -0.39 is 0 Å². The Balaban J connectivity index is 2.46. The van der Waals surface area contributed by atoms with Crippen molar-refractivity contribution in [2.24, 2.45) is 0 Å². The molecule has 0 aromatic carbocycles. The van der Waals surface area contributed by atoms with Crippen molar-refractivity contribution in [3.8, 4) is 0 Å². The molecule has 56 valence electrons. The first-order valence-corrected chi connectivity index (χ1v) is 3.40. The van der Waals surface area contributed by atoms with Crippen LogP contribution in [0.25, 0.3) is 0 Å². The van der Waals surface area contributed by atoms with Crippen molar-refractivity contribution < 1.29 is 9.59 Å². The summed E-state index contributed by atoms with van der Waals surface area (Å²) in [6.45, 7) is 1.31. The Kier molecular flexibility index (Phi) is 1.74. The minimum Gasteiger partial charge on any atom is -0.336 e. The number of ketones is 1. The molecule has 0 aromatic heterocycles. The molecular formula is C7H11NO2. The Bertz CT molecular complexity index is 172. The van der Waals surface area contributed by atoms with Crippen molar-refractivity contribution >= 4 is 11.7 Å². The third-order valence-corrected chi connectivity index (χ3v) is 1.72. The smallest absolute Gasteiger partial charge is 0.289 e. The molecule has 0 saturated heterocycles. The Labute approximate surface area is 60.0 Å². The molecule has 1 rings (SSSR count). The van der Waals surface area contributed by atoms with E-state index in [0.29, 0.717) is 6.04 Å². The van der Waals surface area contributed by atoms with E-state index in [1.54, 1.807) is 7.05 Å². The number of likely N-dealkylation sites (N-methyl/N-ethyl adjacent to an activating group) is 1. The van der Waals surface area contributed by atoms with Crippen molar-refractivity contribution in [3.63, 3.8) is 0 Å². The Morgan fingerprint density at radius 1 is 1.40 bits per heavy atom. The second-order valence-corrected chi connectivity index (χ2v) is 2.70. The molecule has 1 aliphatic rings. The molecule has 10 heavy (non-hydrogen) atoms. The van der Waals surface area contributed by atoms with Crippen LogP contribution >= 0.6 is 0 Å². The van der Waals surface area contributed by atoms with Gasteiger partial charge in [0.2, 0.25) is 5.78 Å². The second-order valence-electron chi connectivity index (χ2n) is 2.70. The van der Waals surface area contributed by atoms with Gasteiger partial charge < -0.3 is 4.90 Å². The number of nitrogens with zero attached hydrogens (tertiary/aromatic N) is 1. The maximum Gasteiger partial charge on any atom is 0.289 e. The van der Waals surface area contributed by atoms with Gasteiger partial charge in [0.25, 0.3) is 5.91 Å². The van der Waals surface area contributed by atoms with Gasteiger partial charge in [-0.2, -0.15) is 0 Å². The number of carbonyl (C=O) groups excluding carboxylic acids is 2. The van der Waals surface area contributed by atoms with E-state index in [1.807, 2.05) is 0 Å². The van der Waals surface area contributed by atoms with Gasteiger partial charge in [-0.25, -0.2) is 0 Å². The first-order chi connectivity index (χ1) is 4.63. The third kappa shape index (κ3) is 1.35. The summed E-state index contributed by atoms with van der Waals surface area (Å²) in [7, 11) is 1.68. The van der Waals surface area contributed by atoms with Gasteiger partial charge in [0, 0.05) is 20.0 Å². The number of Topliss-reactive ketones (excluding diaryl/α,β-unsaturated/α-hetero) is 1. The van der Waals surface area contributed by atoms with E-state index in [-0.39, 0.29) is 11.7 Å². The quantitative estimate of drug-likeness (QED) is 0.515. The highest BCUT2D eigenvalue weighted by Crippen LogP contribution is 2.25. The first-order valence-electron chi connectivity index (χ1n) is 3.40. The normalized spacial score (nSPS) is 16.6. The van der Waals surface area contributed by atoms with Crippen LogP contribution in [0.1, 0.15) is 19.8 Å². The molecule has 0 heterocycles. The average molecular weight is 141 g/mol. The average Bonchev–Trinajstić information content (AvgIpc) is 2.65. The van der Waals surface area contributed by atoms with E-state index in [1.165, 1.54) is 11.8 Å². The number of hydrogen-bond acceptors (Lipinski definition) is 2. The third-order valence-electron chi connectivity index (χ3n) is 1.72. The highest BCUT2D eigenvalue weighted by molar-refractivity contribution is 6.35. The van der Waals surface area contributed by atoms with Gasteiger partial charge in [0.05, 0.1) is 0 Å². The zero-order chi connectivity index (χ0) is 7.72. The van der Waals surface area contributed by atoms with Crippen molar-refractivity contribution in [1.29, 1.82) is 0 Å². The molecule has 0 aliphatic heterocycles. The van der Waals surface area contributed by atoms with Crippen molar-refractivity contribution in [3.05, 3.63) is 0 Å². The highest BCUT2D eigenvalue weighted by atomic mass is 16.2. The van der Waals surface area contributed by atoms with E-state index in [4.69, 9.17) is 0 Å². The molecule has 0 atom stereocenters. The fourth-order valence-corrected chi connectivity index (χ4v) is 0.876. The summed E-state index contributed by atoms with van der Waals surface area (Å²) in [5.41, 5.74) is 0. The largest absolute Gasteiger partial charge is 0.336 e. The van der Waals surface area contributed by atoms with Crippen LogP contribution in [0, 0.1) is 0 Å². The monoisotopic (exact) mass is 141 g/mol. The molecule has 3 heteroatoms. The van der Waals surface area contributed by atoms with Gasteiger partial charge >= 0.3 is 0 Å². The lowest BCUT2D eigenvalue weighted by Gasteiger charge is -2.12. The minimum absolute atomic E-state index is 0.344. The highest BCUT2D eigenvalue weighted by Gasteiger charge is 2.30. The molecule has 0 radical (unpaired) electrons. The first kappa shape index (κ1) is 7.25. The predicted octanol–water partition coefficient (Wildman–Crippen LogP) is 0.196. The lowest BCUT2D eigenvalue weighted by atomic mass is 10.4. The van der Waals surface area contributed by atoms with E-state index >= 15 is 0 Å². The number of hydrogen-bond donors (Lipinski definition) is 0. The van der Waals surface area contributed by atoms with Crippen molar-refractivity contribution in [2.45, 2.75) is 25.8 Å². The van der Waals surface area contributed by atoms with Gasteiger partial charge in [0.15, 0.2) is 0 Å². The summed E-state index contributed by atoms with van der Waals surface area (Å²) < 4.78 is 0. The van der Waals surface area contributed by atoms with Gasteiger partial charge in [-0.05, 0) is 12.8 Å². The lowest BCUT2D eigenvalue weighted by molar-refractivity contribution is -0.143. The fraction of sp³-hybridized carbons (Fsp3) is 0.714. The summed E-state index contributed by atoms with van der Waals surface area (Å²) >= 11 is 0. The molecule has 0 spiro atoms. The van der Waals surface area contributed by atoms with Gasteiger partial charge in [-0.15, -0.1) is 0 Å². The lowest BCUT2D eigenvalue weighted by Crippen LogP contribution is -2.33. The van der Waals surface area contributed by atoms with Crippen LogP contribution in [0.5, 0.6) is 0 Å².